The molecule has 2 nitrogen and oxygen atoms in total. The minimum Gasteiger partial charge on any atom is -0.289 e. The predicted octanol–water partition coefficient (Wildman–Crippen LogP) is 5.85. The fourth-order valence-corrected chi connectivity index (χ4v) is 3.84. The van der Waals surface area contributed by atoms with Crippen molar-refractivity contribution in [1.29, 1.82) is 0 Å². The summed E-state index contributed by atoms with van der Waals surface area (Å²) < 4.78 is 1.11. The van der Waals surface area contributed by atoms with Gasteiger partial charge in [-0.05, 0) is 24.3 Å². The largest absolute Gasteiger partial charge is 0.289 e. The molecule has 0 bridgehead atoms. The van der Waals surface area contributed by atoms with Crippen LogP contribution in [0.4, 0.5) is 0 Å². The topological polar surface area (TPSA) is 30.0 Å². The van der Waals surface area contributed by atoms with Gasteiger partial charge in [0.1, 0.15) is 5.01 Å². The van der Waals surface area contributed by atoms with Crippen molar-refractivity contribution >= 4 is 38.9 Å². The molecular formula is C20H12ClNOS. The van der Waals surface area contributed by atoms with Crippen molar-refractivity contribution in [1.82, 2.24) is 4.98 Å². The quantitative estimate of drug-likeness (QED) is 0.434. The number of fused-ring (bicyclic) bond motifs is 1. The molecule has 4 aromatic rings. The van der Waals surface area contributed by atoms with Crippen LogP contribution >= 0.6 is 22.9 Å². The van der Waals surface area contributed by atoms with E-state index in [2.05, 4.69) is 4.98 Å². The number of carbonyl (C=O) groups is 1. The zero-order valence-corrected chi connectivity index (χ0v) is 14.1. The van der Waals surface area contributed by atoms with Gasteiger partial charge < -0.3 is 0 Å². The van der Waals surface area contributed by atoms with E-state index in [0.29, 0.717) is 16.1 Å². The monoisotopic (exact) mass is 349 g/mol. The summed E-state index contributed by atoms with van der Waals surface area (Å²) in [6, 6.07) is 22.6. The van der Waals surface area contributed by atoms with E-state index < -0.39 is 0 Å². The summed E-state index contributed by atoms with van der Waals surface area (Å²) in [6.45, 7) is 0. The first-order chi connectivity index (χ1) is 11.7. The first-order valence-electron chi connectivity index (χ1n) is 7.47. The number of rotatable bonds is 3. The van der Waals surface area contributed by atoms with Crippen LogP contribution in [-0.2, 0) is 0 Å². The van der Waals surface area contributed by atoms with Crippen molar-refractivity contribution in [3.63, 3.8) is 0 Å². The standard InChI is InChI=1S/C20H12ClNOS/c21-14-7-5-6-13(12-14)19(23)15-8-1-2-9-16(15)20-22-17-10-3-4-11-18(17)24-20/h1-12H. The second-order valence-electron chi connectivity index (χ2n) is 5.37. The lowest BCUT2D eigenvalue weighted by atomic mass is 9.99. The van der Waals surface area contributed by atoms with Gasteiger partial charge in [-0.2, -0.15) is 0 Å². The van der Waals surface area contributed by atoms with Crippen molar-refractivity contribution in [2.24, 2.45) is 0 Å². The van der Waals surface area contributed by atoms with Gasteiger partial charge in [0, 0.05) is 21.7 Å². The van der Waals surface area contributed by atoms with Gasteiger partial charge in [-0.25, -0.2) is 4.98 Å². The molecule has 0 amide bonds. The highest BCUT2D eigenvalue weighted by molar-refractivity contribution is 7.21. The second-order valence-corrected chi connectivity index (χ2v) is 6.84. The smallest absolute Gasteiger partial charge is 0.193 e. The van der Waals surface area contributed by atoms with E-state index in [-0.39, 0.29) is 5.78 Å². The van der Waals surface area contributed by atoms with Crippen LogP contribution in [-0.4, -0.2) is 10.8 Å². The lowest BCUT2D eigenvalue weighted by molar-refractivity contribution is 0.103. The molecule has 0 saturated carbocycles. The maximum absolute atomic E-state index is 12.9. The average Bonchev–Trinajstić information content (AvgIpc) is 3.05. The van der Waals surface area contributed by atoms with E-state index in [4.69, 9.17) is 11.6 Å². The number of thiazole rings is 1. The van der Waals surface area contributed by atoms with Gasteiger partial charge in [0.15, 0.2) is 5.78 Å². The molecule has 0 aliphatic heterocycles. The van der Waals surface area contributed by atoms with Crippen LogP contribution in [0.3, 0.4) is 0 Å². The van der Waals surface area contributed by atoms with E-state index in [1.807, 2.05) is 48.5 Å². The fraction of sp³-hybridized carbons (Fsp3) is 0. The van der Waals surface area contributed by atoms with E-state index >= 15 is 0 Å². The van der Waals surface area contributed by atoms with Crippen LogP contribution in [0, 0.1) is 0 Å². The molecule has 0 atom stereocenters. The van der Waals surface area contributed by atoms with Gasteiger partial charge in [-0.1, -0.05) is 60.1 Å². The summed E-state index contributed by atoms with van der Waals surface area (Å²) in [5.41, 5.74) is 3.01. The van der Waals surface area contributed by atoms with Gasteiger partial charge in [0.25, 0.3) is 0 Å². The van der Waals surface area contributed by atoms with Gasteiger partial charge in [0.2, 0.25) is 0 Å². The summed E-state index contributed by atoms with van der Waals surface area (Å²) in [5, 5.41) is 1.40. The highest BCUT2D eigenvalue weighted by atomic mass is 35.5. The van der Waals surface area contributed by atoms with Crippen LogP contribution in [0.5, 0.6) is 0 Å². The minimum atomic E-state index is -0.0487. The Morgan fingerprint density at radius 1 is 0.917 bits per heavy atom. The lowest BCUT2D eigenvalue weighted by Crippen LogP contribution is -2.03. The van der Waals surface area contributed by atoms with Gasteiger partial charge >= 0.3 is 0 Å². The third kappa shape index (κ3) is 2.73. The molecule has 0 spiro atoms. The first-order valence-corrected chi connectivity index (χ1v) is 8.67. The minimum absolute atomic E-state index is 0.0487. The second kappa shape index (κ2) is 6.19. The number of nitrogens with zero attached hydrogens (tertiary/aromatic N) is 1. The number of benzene rings is 3. The number of ketones is 1. The SMILES string of the molecule is O=C(c1cccc(Cl)c1)c1ccccc1-c1nc2ccccc2s1. The lowest BCUT2D eigenvalue weighted by Gasteiger charge is -2.06. The predicted molar refractivity (Wildman–Crippen MR) is 99.9 cm³/mol. The average molecular weight is 350 g/mol. The summed E-state index contributed by atoms with van der Waals surface area (Å²) >= 11 is 7.61. The molecule has 3 aromatic carbocycles. The molecule has 0 N–H and O–H groups in total. The zero-order valence-electron chi connectivity index (χ0n) is 12.6. The van der Waals surface area contributed by atoms with Crippen molar-refractivity contribution in [3.8, 4) is 10.6 Å². The maximum atomic E-state index is 12.9. The van der Waals surface area contributed by atoms with E-state index in [1.165, 1.54) is 0 Å². The Kier molecular flexibility index (Phi) is 3.89. The molecule has 0 aliphatic rings. The third-order valence-electron chi connectivity index (χ3n) is 3.78. The Morgan fingerprint density at radius 3 is 2.54 bits per heavy atom. The molecule has 4 heteroatoms. The van der Waals surface area contributed by atoms with Crippen LogP contribution in [0.1, 0.15) is 15.9 Å². The van der Waals surface area contributed by atoms with Gasteiger partial charge in [0.05, 0.1) is 10.2 Å². The Balaban J connectivity index is 1.84. The number of para-hydroxylation sites is 1. The third-order valence-corrected chi connectivity index (χ3v) is 5.09. The number of halogens is 1. The molecule has 0 unspecified atom stereocenters. The molecule has 1 heterocycles. The van der Waals surface area contributed by atoms with Crippen LogP contribution in [0.15, 0.2) is 72.8 Å². The first kappa shape index (κ1) is 15.1. The molecule has 1 aromatic heterocycles. The van der Waals surface area contributed by atoms with E-state index in [1.54, 1.807) is 35.6 Å². The van der Waals surface area contributed by atoms with Crippen molar-refractivity contribution in [3.05, 3.63) is 88.9 Å². The van der Waals surface area contributed by atoms with Gasteiger partial charge in [-0.3, -0.25) is 4.79 Å². The Morgan fingerprint density at radius 2 is 1.71 bits per heavy atom. The summed E-state index contributed by atoms with van der Waals surface area (Å²) in [6.07, 6.45) is 0. The van der Waals surface area contributed by atoms with Crippen LogP contribution in [0.25, 0.3) is 20.8 Å². The molecule has 0 aliphatic carbocycles. The molecule has 116 valence electrons. The molecule has 4 rings (SSSR count). The summed E-state index contributed by atoms with van der Waals surface area (Å²) in [7, 11) is 0. The number of aromatic nitrogens is 1. The fourth-order valence-electron chi connectivity index (χ4n) is 2.64. The van der Waals surface area contributed by atoms with Gasteiger partial charge in [-0.15, -0.1) is 11.3 Å². The van der Waals surface area contributed by atoms with Crippen molar-refractivity contribution < 1.29 is 4.79 Å². The Hall–Kier alpha value is -2.49. The molecule has 0 radical (unpaired) electrons. The number of hydrogen-bond acceptors (Lipinski definition) is 3. The maximum Gasteiger partial charge on any atom is 0.193 e. The van der Waals surface area contributed by atoms with E-state index in [9.17, 15) is 4.79 Å². The Labute approximate surface area is 148 Å². The number of hydrogen-bond donors (Lipinski definition) is 0. The van der Waals surface area contributed by atoms with Crippen LogP contribution in [0.2, 0.25) is 5.02 Å². The normalized spacial score (nSPS) is 10.9. The highest BCUT2D eigenvalue weighted by Gasteiger charge is 2.17. The number of carbonyl (C=O) groups excluding carboxylic acids is 1. The molecule has 24 heavy (non-hydrogen) atoms. The molecule has 0 fully saturated rings. The summed E-state index contributed by atoms with van der Waals surface area (Å²) in [5.74, 6) is -0.0487. The van der Waals surface area contributed by atoms with Crippen molar-refractivity contribution in [2.75, 3.05) is 0 Å². The molecule has 0 saturated heterocycles. The highest BCUT2D eigenvalue weighted by Crippen LogP contribution is 2.33. The van der Waals surface area contributed by atoms with Crippen molar-refractivity contribution in [2.45, 2.75) is 0 Å². The van der Waals surface area contributed by atoms with E-state index in [0.717, 1.165) is 20.8 Å². The Bertz CT molecular complexity index is 1020. The zero-order chi connectivity index (χ0) is 16.5. The molecular weight excluding hydrogens is 338 g/mol. The summed E-state index contributed by atoms with van der Waals surface area (Å²) in [4.78, 5) is 17.6. The van der Waals surface area contributed by atoms with Crippen LogP contribution < -0.4 is 0 Å².